The maximum Gasteiger partial charge on any atom is 0.299 e. The molecule has 0 fully saturated rings. The molecule has 1 radical (unpaired) electrons. The number of phenolic OH excluding ortho intramolecular Hbond substituents is 1. The highest BCUT2D eigenvalue weighted by molar-refractivity contribution is 7.89. The molecule has 15 heavy (non-hydrogen) atoms. The fourth-order valence-electron chi connectivity index (χ4n) is 0.895. The van der Waals surface area contributed by atoms with Crippen molar-refractivity contribution in [1.82, 2.24) is 0 Å². The monoisotopic (exact) mass is 253 g/mol. The standard InChI is InChI=1S/C6H5O7S2/c7-4-2-1-3-5(14(8,9)10)6(4)15(11,12)13/h1-2,7H,(H,8,9,10)(H,11,12,13). The fourth-order valence-corrected chi connectivity index (χ4v) is 2.71. The molecule has 0 aliphatic carbocycles. The maximum atomic E-state index is 10.7. The number of benzene rings is 1. The van der Waals surface area contributed by atoms with Gasteiger partial charge in [0, 0.05) is 6.07 Å². The summed E-state index contributed by atoms with van der Waals surface area (Å²) < 4.78 is 60.1. The number of rotatable bonds is 2. The van der Waals surface area contributed by atoms with Crippen LogP contribution in [-0.2, 0) is 20.2 Å². The van der Waals surface area contributed by atoms with Crippen LogP contribution in [0.2, 0.25) is 0 Å². The topological polar surface area (TPSA) is 129 Å². The first kappa shape index (κ1) is 11.9. The fraction of sp³-hybridized carbons (Fsp3) is 0. The minimum absolute atomic E-state index is 0.803. The molecular weight excluding hydrogens is 248 g/mol. The molecule has 83 valence electrons. The first-order valence-electron chi connectivity index (χ1n) is 3.32. The van der Waals surface area contributed by atoms with Crippen molar-refractivity contribution in [3.8, 4) is 5.75 Å². The van der Waals surface area contributed by atoms with Crippen molar-refractivity contribution in [1.29, 1.82) is 0 Å². The average Bonchev–Trinajstić information content (AvgIpc) is 1.99. The van der Waals surface area contributed by atoms with Crippen molar-refractivity contribution in [3.05, 3.63) is 18.2 Å². The van der Waals surface area contributed by atoms with Crippen LogP contribution in [0.3, 0.4) is 0 Å². The van der Waals surface area contributed by atoms with Gasteiger partial charge in [-0.3, -0.25) is 9.11 Å². The van der Waals surface area contributed by atoms with Gasteiger partial charge in [-0.2, -0.15) is 16.8 Å². The lowest BCUT2D eigenvalue weighted by molar-refractivity contribution is 0.430. The molecule has 0 aromatic heterocycles. The Morgan fingerprint density at radius 2 is 1.60 bits per heavy atom. The molecule has 9 heteroatoms. The normalized spacial score (nSPS) is 12.7. The molecule has 1 rings (SSSR count). The molecule has 7 nitrogen and oxygen atoms in total. The summed E-state index contributed by atoms with van der Waals surface area (Å²) in [6.07, 6.45) is 0. The first-order valence-corrected chi connectivity index (χ1v) is 6.20. The Labute approximate surface area is 85.5 Å². The van der Waals surface area contributed by atoms with E-state index in [9.17, 15) is 16.8 Å². The zero-order valence-electron chi connectivity index (χ0n) is 6.95. The molecule has 0 saturated carbocycles. The van der Waals surface area contributed by atoms with Crippen LogP contribution in [0.25, 0.3) is 0 Å². The Balaban J connectivity index is 3.79. The van der Waals surface area contributed by atoms with Crippen molar-refractivity contribution in [3.63, 3.8) is 0 Å². The molecule has 0 saturated heterocycles. The lowest BCUT2D eigenvalue weighted by atomic mass is 10.3. The van der Waals surface area contributed by atoms with E-state index < -0.39 is 35.8 Å². The van der Waals surface area contributed by atoms with Crippen LogP contribution in [0, 0.1) is 6.07 Å². The SMILES string of the molecule is O=S(=O)(O)c1[c]ccc(O)c1S(=O)(=O)O. The highest BCUT2D eigenvalue weighted by atomic mass is 32.2. The Morgan fingerprint density at radius 3 is 1.93 bits per heavy atom. The van der Waals surface area contributed by atoms with E-state index in [0.29, 0.717) is 0 Å². The minimum atomic E-state index is -4.97. The number of aromatic hydroxyl groups is 1. The van der Waals surface area contributed by atoms with Crippen molar-refractivity contribution in [2.45, 2.75) is 9.79 Å². The summed E-state index contributed by atoms with van der Waals surface area (Å²) in [6.45, 7) is 0. The summed E-state index contributed by atoms with van der Waals surface area (Å²) in [6, 6.07) is 3.57. The first-order chi connectivity index (χ1) is 6.64. The van der Waals surface area contributed by atoms with Gasteiger partial charge in [-0.25, -0.2) is 0 Å². The van der Waals surface area contributed by atoms with E-state index in [1.165, 1.54) is 0 Å². The minimum Gasteiger partial charge on any atom is -0.506 e. The zero-order valence-corrected chi connectivity index (χ0v) is 8.58. The molecule has 0 spiro atoms. The average molecular weight is 253 g/mol. The second-order valence-electron chi connectivity index (χ2n) is 2.47. The summed E-state index contributed by atoms with van der Waals surface area (Å²) in [7, 11) is -9.86. The molecule has 1 aromatic rings. The van der Waals surface area contributed by atoms with Gasteiger partial charge >= 0.3 is 0 Å². The number of phenols is 1. The molecule has 0 unspecified atom stereocenters. The van der Waals surface area contributed by atoms with Gasteiger partial charge in [-0.05, 0) is 12.1 Å². The van der Waals surface area contributed by atoms with E-state index in [0.717, 1.165) is 12.1 Å². The molecule has 3 N–H and O–H groups in total. The van der Waals surface area contributed by atoms with E-state index in [1.807, 2.05) is 6.07 Å². The smallest absolute Gasteiger partial charge is 0.299 e. The quantitative estimate of drug-likeness (QED) is 0.616. The summed E-state index contributed by atoms with van der Waals surface area (Å²) in [5, 5.41) is 9.06. The zero-order chi connectivity index (χ0) is 11.9. The van der Waals surface area contributed by atoms with Crippen LogP contribution in [-0.4, -0.2) is 31.0 Å². The molecular formula is C6H5O7S2. The van der Waals surface area contributed by atoms with Gasteiger partial charge in [0.15, 0.2) is 4.90 Å². The molecule has 0 aliphatic heterocycles. The van der Waals surface area contributed by atoms with E-state index in [4.69, 9.17) is 14.2 Å². The second kappa shape index (κ2) is 3.45. The van der Waals surface area contributed by atoms with Gasteiger partial charge in [0.05, 0.1) is 0 Å². The largest absolute Gasteiger partial charge is 0.506 e. The molecule has 0 atom stereocenters. The van der Waals surface area contributed by atoms with Gasteiger partial charge in [-0.15, -0.1) is 0 Å². The summed E-state index contributed by atoms with van der Waals surface area (Å²) in [5.41, 5.74) is 0. The van der Waals surface area contributed by atoms with E-state index >= 15 is 0 Å². The van der Waals surface area contributed by atoms with E-state index in [-0.39, 0.29) is 0 Å². The molecule has 0 amide bonds. The van der Waals surface area contributed by atoms with Crippen LogP contribution in [0.1, 0.15) is 0 Å². The highest BCUT2D eigenvalue weighted by Crippen LogP contribution is 2.28. The summed E-state index contributed by atoms with van der Waals surface area (Å²) in [5.74, 6) is -0.996. The van der Waals surface area contributed by atoms with Crippen molar-refractivity contribution in [2.75, 3.05) is 0 Å². The van der Waals surface area contributed by atoms with Crippen LogP contribution in [0.4, 0.5) is 0 Å². The highest BCUT2D eigenvalue weighted by Gasteiger charge is 2.27. The van der Waals surface area contributed by atoms with Crippen LogP contribution in [0.15, 0.2) is 21.9 Å². The Bertz CT molecular complexity index is 584. The van der Waals surface area contributed by atoms with E-state index in [2.05, 4.69) is 0 Å². The van der Waals surface area contributed by atoms with Gasteiger partial charge in [-0.1, -0.05) is 0 Å². The van der Waals surface area contributed by atoms with Gasteiger partial charge < -0.3 is 5.11 Å². The van der Waals surface area contributed by atoms with Crippen molar-refractivity contribution in [2.24, 2.45) is 0 Å². The third-order valence-electron chi connectivity index (χ3n) is 1.41. The maximum absolute atomic E-state index is 10.7. The lowest BCUT2D eigenvalue weighted by Gasteiger charge is -2.04. The summed E-state index contributed by atoms with van der Waals surface area (Å²) in [4.78, 5) is -2.50. The second-order valence-corrected chi connectivity index (χ2v) is 5.19. The molecule has 0 aliphatic rings. The van der Waals surface area contributed by atoms with E-state index in [1.54, 1.807) is 0 Å². The van der Waals surface area contributed by atoms with Gasteiger partial charge in [0.2, 0.25) is 0 Å². The van der Waals surface area contributed by atoms with Crippen molar-refractivity contribution >= 4 is 20.2 Å². The van der Waals surface area contributed by atoms with Gasteiger partial charge in [0.1, 0.15) is 10.6 Å². The van der Waals surface area contributed by atoms with Crippen LogP contribution >= 0.6 is 0 Å². The predicted molar refractivity (Wildman–Crippen MR) is 46.6 cm³/mol. The van der Waals surface area contributed by atoms with Crippen molar-refractivity contribution < 1.29 is 31.0 Å². The molecule has 0 heterocycles. The third kappa shape index (κ3) is 2.45. The lowest BCUT2D eigenvalue weighted by Crippen LogP contribution is -2.08. The van der Waals surface area contributed by atoms with Gasteiger partial charge in [0.25, 0.3) is 20.2 Å². The third-order valence-corrected chi connectivity index (χ3v) is 3.31. The molecule has 0 bridgehead atoms. The van der Waals surface area contributed by atoms with Crippen LogP contribution in [0.5, 0.6) is 5.75 Å². The predicted octanol–water partition coefficient (Wildman–Crippen LogP) is -0.314. The Morgan fingerprint density at radius 1 is 1.07 bits per heavy atom. The van der Waals surface area contributed by atoms with Crippen LogP contribution < -0.4 is 0 Å². The Hall–Kier alpha value is -1.16. The summed E-state index contributed by atoms with van der Waals surface area (Å²) >= 11 is 0. The Kier molecular flexibility index (Phi) is 2.74. The number of hydrogen-bond donors (Lipinski definition) is 3. The number of hydrogen-bond acceptors (Lipinski definition) is 5. The molecule has 1 aromatic carbocycles.